The monoisotopic (exact) mass is 859 g/mol. The fourth-order valence-electron chi connectivity index (χ4n) is 7.18. The van der Waals surface area contributed by atoms with Gasteiger partial charge in [0.15, 0.2) is 0 Å². The minimum absolute atomic E-state index is 0. The summed E-state index contributed by atoms with van der Waals surface area (Å²) in [6.45, 7) is 18.9. The van der Waals surface area contributed by atoms with Crippen LogP contribution in [0.1, 0.15) is 145 Å². The normalized spacial score (nSPS) is 20.5. The third-order valence-corrected chi connectivity index (χ3v) is 11.9. The van der Waals surface area contributed by atoms with Crippen LogP contribution >= 0.6 is 12.4 Å². The number of hydrogen-bond donors (Lipinski definition) is 5. The highest BCUT2D eigenvalue weighted by molar-refractivity contribution is 5.85. The van der Waals surface area contributed by atoms with Crippen LogP contribution in [-0.4, -0.2) is 115 Å². The maximum Gasteiger partial charge on any atom is 0.410 e. The summed E-state index contributed by atoms with van der Waals surface area (Å²) in [5.74, 6) is 2.26. The first-order valence-electron chi connectivity index (χ1n) is 22.1. The summed E-state index contributed by atoms with van der Waals surface area (Å²) in [5, 5.41) is 17.7. The molecule has 6 fully saturated rings. The standard InChI is InChI=1S/C16H28N2O3.C11H22N2O2.C11H20N2O.C5H8O2.CH4.ClH/c1-16(2,3)21-15(20)18-9-7-12(8-10-18)11-17-14(19)13-5-4-6-13;1-11(2,3)15-10(14)13-6-4-9(8-12)5-7-13;14-11(10-2-1-3-10)13-8-9-4-6-12-7-5-9;6-5(7)4-2-1-3-4;;/h12-13H,4-11H2,1-3H3,(H,17,19);9H,4-8,12H2,1-3H3;9-10,12H,1-8H2,(H,13,14);4H,1-3H2,(H,6,7);1H4;1H. The Morgan fingerprint density at radius 1 is 0.593 bits per heavy atom. The van der Waals surface area contributed by atoms with Gasteiger partial charge in [-0.05, 0) is 156 Å². The van der Waals surface area contributed by atoms with Crippen LogP contribution in [0, 0.1) is 35.5 Å². The Hall–Kier alpha value is -2.84. The molecule has 14 nitrogen and oxygen atoms in total. The van der Waals surface area contributed by atoms with Crippen molar-refractivity contribution >= 4 is 42.4 Å². The number of piperidine rings is 3. The second-order valence-electron chi connectivity index (χ2n) is 19.0. The van der Waals surface area contributed by atoms with Gasteiger partial charge in [0.05, 0.1) is 5.92 Å². The molecule has 6 N–H and O–H groups in total. The molecule has 59 heavy (non-hydrogen) atoms. The van der Waals surface area contributed by atoms with Gasteiger partial charge < -0.3 is 46.1 Å². The van der Waals surface area contributed by atoms with Crippen molar-refractivity contribution in [1.29, 1.82) is 0 Å². The number of nitrogens with zero attached hydrogens (tertiary/aromatic N) is 2. The number of carboxylic acids is 1. The van der Waals surface area contributed by atoms with E-state index in [0.29, 0.717) is 29.6 Å². The topological polar surface area (TPSA) is 193 Å². The molecular weight excluding hydrogens is 776 g/mol. The molecule has 4 amide bonds. The van der Waals surface area contributed by atoms with Crippen molar-refractivity contribution in [2.45, 2.75) is 156 Å². The smallest absolute Gasteiger partial charge is 0.410 e. The molecule has 3 saturated heterocycles. The van der Waals surface area contributed by atoms with Gasteiger partial charge in [-0.1, -0.05) is 26.7 Å². The molecule has 6 rings (SSSR count). The van der Waals surface area contributed by atoms with Crippen molar-refractivity contribution in [2.75, 3.05) is 58.9 Å². The molecule has 0 aromatic rings. The third-order valence-electron chi connectivity index (χ3n) is 11.9. The summed E-state index contributed by atoms with van der Waals surface area (Å²) in [7, 11) is 0. The number of hydrogen-bond acceptors (Lipinski definition) is 9. The molecule has 0 bridgehead atoms. The van der Waals surface area contributed by atoms with Crippen LogP contribution in [0.5, 0.6) is 0 Å². The lowest BCUT2D eigenvalue weighted by Crippen LogP contribution is -2.44. The summed E-state index contributed by atoms with van der Waals surface area (Å²) in [6, 6.07) is 0. The highest BCUT2D eigenvalue weighted by Gasteiger charge is 2.30. The molecule has 3 aliphatic heterocycles. The van der Waals surface area contributed by atoms with Gasteiger partial charge in [-0.3, -0.25) is 14.4 Å². The van der Waals surface area contributed by atoms with E-state index in [1.165, 1.54) is 25.7 Å². The van der Waals surface area contributed by atoms with E-state index < -0.39 is 17.2 Å². The van der Waals surface area contributed by atoms with Gasteiger partial charge in [0, 0.05) is 51.1 Å². The highest BCUT2D eigenvalue weighted by Crippen LogP contribution is 2.28. The number of rotatable bonds is 8. The molecule has 6 aliphatic rings. The lowest BCUT2D eigenvalue weighted by Gasteiger charge is -2.34. The Morgan fingerprint density at radius 2 is 0.932 bits per heavy atom. The molecule has 3 heterocycles. The van der Waals surface area contributed by atoms with Gasteiger partial charge in [-0.2, -0.15) is 0 Å². The third kappa shape index (κ3) is 21.5. The molecule has 0 spiro atoms. The van der Waals surface area contributed by atoms with Crippen LogP contribution in [0.25, 0.3) is 0 Å². The maximum atomic E-state index is 12.0. The second kappa shape index (κ2) is 27.2. The predicted octanol–water partition coefficient (Wildman–Crippen LogP) is 6.97. The summed E-state index contributed by atoms with van der Waals surface area (Å²) < 4.78 is 10.7. The van der Waals surface area contributed by atoms with E-state index in [1.54, 1.807) is 9.80 Å². The highest BCUT2D eigenvalue weighted by atomic mass is 35.5. The Labute approximate surface area is 362 Å². The number of aliphatic carboxylic acids is 1. The van der Waals surface area contributed by atoms with Crippen LogP contribution in [0.3, 0.4) is 0 Å². The Balaban J connectivity index is 0.000000409. The van der Waals surface area contributed by atoms with Crippen LogP contribution in [0.4, 0.5) is 9.59 Å². The number of halogens is 1. The Morgan fingerprint density at radius 3 is 1.20 bits per heavy atom. The Kier molecular flexibility index (Phi) is 25.0. The van der Waals surface area contributed by atoms with E-state index in [-0.39, 0.29) is 49.8 Å². The number of carboxylic acid groups (broad SMARTS) is 1. The number of nitrogens with two attached hydrogens (primary N) is 1. The van der Waals surface area contributed by atoms with E-state index in [1.807, 2.05) is 41.5 Å². The van der Waals surface area contributed by atoms with Gasteiger partial charge in [-0.15, -0.1) is 12.4 Å². The summed E-state index contributed by atoms with van der Waals surface area (Å²) in [6.07, 6.45) is 15.5. The summed E-state index contributed by atoms with van der Waals surface area (Å²) >= 11 is 0. The molecule has 0 unspecified atom stereocenters. The van der Waals surface area contributed by atoms with Gasteiger partial charge >= 0.3 is 18.2 Å². The zero-order chi connectivity index (χ0) is 42.0. The fourth-order valence-corrected chi connectivity index (χ4v) is 7.18. The quantitative estimate of drug-likeness (QED) is 0.170. The molecule has 344 valence electrons. The average molecular weight is 860 g/mol. The summed E-state index contributed by atoms with van der Waals surface area (Å²) in [4.78, 5) is 60.5. The molecule has 0 radical (unpaired) electrons. The first kappa shape index (κ1) is 54.2. The van der Waals surface area contributed by atoms with Crippen LogP contribution < -0.4 is 21.7 Å². The van der Waals surface area contributed by atoms with E-state index >= 15 is 0 Å². The van der Waals surface area contributed by atoms with Gasteiger partial charge in [0.25, 0.3) is 0 Å². The Bertz CT molecular complexity index is 1240. The first-order chi connectivity index (χ1) is 26.9. The molecule has 0 atom stereocenters. The van der Waals surface area contributed by atoms with Crippen LogP contribution in [0.2, 0.25) is 0 Å². The second-order valence-corrected chi connectivity index (χ2v) is 19.0. The lowest BCUT2D eigenvalue weighted by atomic mass is 9.84. The number of carbonyl (C=O) groups is 5. The van der Waals surface area contributed by atoms with Crippen molar-refractivity contribution < 1.29 is 38.6 Å². The molecule has 0 aromatic carbocycles. The fraction of sp³-hybridized carbons (Fsp3) is 0.886. The van der Waals surface area contributed by atoms with Crippen molar-refractivity contribution in [2.24, 2.45) is 41.2 Å². The minimum Gasteiger partial charge on any atom is -0.481 e. The van der Waals surface area contributed by atoms with Crippen LogP contribution in [0.15, 0.2) is 0 Å². The number of carbonyl (C=O) groups excluding carboxylic acids is 4. The van der Waals surface area contributed by atoms with E-state index in [0.717, 1.165) is 130 Å². The van der Waals surface area contributed by atoms with Crippen molar-refractivity contribution in [3.8, 4) is 0 Å². The molecule has 15 heteroatoms. The molecule has 0 aromatic heterocycles. The molecular formula is C44H83ClN6O8. The van der Waals surface area contributed by atoms with E-state index in [4.69, 9.17) is 20.3 Å². The summed E-state index contributed by atoms with van der Waals surface area (Å²) in [5.41, 5.74) is 4.75. The van der Waals surface area contributed by atoms with Crippen LogP contribution in [-0.2, 0) is 23.9 Å². The molecule has 3 aliphatic carbocycles. The van der Waals surface area contributed by atoms with E-state index in [2.05, 4.69) is 16.0 Å². The minimum atomic E-state index is -0.619. The van der Waals surface area contributed by atoms with Gasteiger partial charge in [-0.25, -0.2) is 9.59 Å². The predicted molar refractivity (Wildman–Crippen MR) is 235 cm³/mol. The largest absolute Gasteiger partial charge is 0.481 e. The number of likely N-dealkylation sites (tertiary alicyclic amines) is 2. The molecule has 3 saturated carbocycles. The zero-order valence-corrected chi connectivity index (χ0v) is 37.4. The number of nitrogens with one attached hydrogen (secondary N) is 3. The number of ether oxygens (including phenoxy) is 2. The lowest BCUT2D eigenvalue weighted by molar-refractivity contribution is -0.144. The van der Waals surface area contributed by atoms with Crippen molar-refractivity contribution in [3.63, 3.8) is 0 Å². The number of amides is 4. The zero-order valence-electron chi connectivity index (χ0n) is 36.6. The first-order valence-corrected chi connectivity index (χ1v) is 22.1. The van der Waals surface area contributed by atoms with Gasteiger partial charge in [0.2, 0.25) is 11.8 Å². The SMILES string of the molecule is C.CC(C)(C)OC(=O)N1CCC(CN)CC1.CC(C)(C)OC(=O)N1CCC(CNC(=O)C2CCC2)CC1.Cl.O=C(NCC1CCNCC1)C1CCC1.O=C(O)C1CCC1. The van der Waals surface area contributed by atoms with E-state index in [9.17, 15) is 24.0 Å². The maximum absolute atomic E-state index is 12.0. The van der Waals surface area contributed by atoms with Crippen molar-refractivity contribution in [3.05, 3.63) is 0 Å². The van der Waals surface area contributed by atoms with Crippen molar-refractivity contribution in [1.82, 2.24) is 25.8 Å². The average Bonchev–Trinajstić information content (AvgIpc) is 3.07. The van der Waals surface area contributed by atoms with Gasteiger partial charge in [0.1, 0.15) is 11.2 Å².